The Balaban J connectivity index is 0.00000529. The quantitative estimate of drug-likeness (QED) is 0.193. The Morgan fingerprint density at radius 1 is 0.977 bits per heavy atom. The zero-order valence-corrected chi connectivity index (χ0v) is 25.8. The van der Waals surface area contributed by atoms with Gasteiger partial charge in [-0.2, -0.15) is 0 Å². The summed E-state index contributed by atoms with van der Waals surface area (Å²) in [6.07, 6.45) is 2.23. The van der Waals surface area contributed by atoms with Crippen LogP contribution in [0.25, 0.3) is 0 Å². The van der Waals surface area contributed by atoms with E-state index >= 15 is 0 Å². The third-order valence-corrected chi connectivity index (χ3v) is 7.69. The van der Waals surface area contributed by atoms with Gasteiger partial charge in [-0.25, -0.2) is 0 Å². The summed E-state index contributed by atoms with van der Waals surface area (Å²) in [7, 11) is 3.48. The molecule has 1 fully saturated rings. The maximum atomic E-state index is 12.5. The van der Waals surface area contributed by atoms with Crippen molar-refractivity contribution in [3.63, 3.8) is 0 Å². The second kappa shape index (κ2) is 17.6. The first-order valence-corrected chi connectivity index (χ1v) is 15.3. The van der Waals surface area contributed by atoms with E-state index < -0.39 is 0 Å². The predicted octanol–water partition coefficient (Wildman–Crippen LogP) is 5.98. The van der Waals surface area contributed by atoms with Crippen molar-refractivity contribution in [1.82, 2.24) is 5.32 Å². The van der Waals surface area contributed by atoms with Crippen LogP contribution in [0.3, 0.4) is 0 Å². The van der Waals surface area contributed by atoms with Crippen LogP contribution < -0.4 is 19.7 Å². The van der Waals surface area contributed by atoms with E-state index in [0.717, 1.165) is 54.2 Å². The van der Waals surface area contributed by atoms with Gasteiger partial charge in [-0.15, -0.1) is 0 Å². The highest BCUT2D eigenvalue weighted by molar-refractivity contribution is 5.92. The van der Waals surface area contributed by atoms with Crippen LogP contribution >= 0.6 is 0 Å². The molecule has 1 aliphatic heterocycles. The number of amides is 1. The molecule has 3 aromatic rings. The molecule has 0 aliphatic carbocycles. The van der Waals surface area contributed by atoms with E-state index in [2.05, 4.69) is 17.4 Å². The number of hydrogen-bond acceptors (Lipinski definition) is 7. The van der Waals surface area contributed by atoms with Gasteiger partial charge in [-0.3, -0.25) is 4.79 Å². The molecule has 8 nitrogen and oxygen atoms in total. The van der Waals surface area contributed by atoms with Gasteiger partial charge in [0.1, 0.15) is 11.5 Å². The fourth-order valence-corrected chi connectivity index (χ4v) is 5.23. The summed E-state index contributed by atoms with van der Waals surface area (Å²) in [5.41, 5.74) is 4.21. The van der Waals surface area contributed by atoms with Crippen LogP contribution in [-0.2, 0) is 32.2 Å². The zero-order valence-electron chi connectivity index (χ0n) is 25.8. The molecule has 43 heavy (non-hydrogen) atoms. The number of para-hydroxylation sites is 1. The normalized spacial score (nSPS) is 16.5. The van der Waals surface area contributed by atoms with Gasteiger partial charge in [-0.05, 0) is 61.3 Å². The number of benzene rings is 3. The number of rotatable bonds is 17. The summed E-state index contributed by atoms with van der Waals surface area (Å²) in [4.78, 5) is 14.2. The number of hydrogen-bond donors (Lipinski definition) is 1. The summed E-state index contributed by atoms with van der Waals surface area (Å²) in [5.74, 6) is 2.04. The van der Waals surface area contributed by atoms with Gasteiger partial charge in [0, 0.05) is 45.2 Å². The lowest BCUT2D eigenvalue weighted by molar-refractivity contribution is -0.119. The molecule has 0 bridgehead atoms. The first-order chi connectivity index (χ1) is 21.1. The number of methoxy groups -OCH3 is 1. The van der Waals surface area contributed by atoms with E-state index in [1.54, 1.807) is 19.1 Å². The maximum absolute atomic E-state index is 12.5. The molecule has 2 atom stereocenters. The number of carbonyl (C=O) groups is 1. The number of nitrogens with one attached hydrogen (secondary N) is 1. The summed E-state index contributed by atoms with van der Waals surface area (Å²) in [6.45, 7) is 6.96. The molecule has 1 saturated heterocycles. The van der Waals surface area contributed by atoms with Gasteiger partial charge in [0.2, 0.25) is 5.91 Å². The molecule has 0 aromatic heterocycles. The highest BCUT2D eigenvalue weighted by Crippen LogP contribution is 2.30. The van der Waals surface area contributed by atoms with Crippen LogP contribution in [0, 0.1) is 0 Å². The molecule has 1 aliphatic rings. The molecule has 1 N–H and O–H groups in total. The lowest BCUT2D eigenvalue weighted by Gasteiger charge is -2.32. The van der Waals surface area contributed by atoms with Crippen molar-refractivity contribution >= 4 is 11.6 Å². The van der Waals surface area contributed by atoms with Gasteiger partial charge in [0.25, 0.3) is 0 Å². The van der Waals surface area contributed by atoms with E-state index in [0.29, 0.717) is 52.0 Å². The Kier molecular flexibility index (Phi) is 13.3. The highest BCUT2D eigenvalue weighted by Gasteiger charge is 2.27. The Hall–Kier alpha value is -3.43. The van der Waals surface area contributed by atoms with Crippen molar-refractivity contribution in [2.75, 3.05) is 58.6 Å². The average molecular weight is 593 g/mol. The Labute approximate surface area is 257 Å². The average Bonchev–Trinajstić information content (AvgIpc) is 3.06. The molecule has 0 unspecified atom stereocenters. The van der Waals surface area contributed by atoms with Gasteiger partial charge >= 0.3 is 0 Å². The Morgan fingerprint density at radius 2 is 1.81 bits per heavy atom. The molecule has 0 radical (unpaired) electrons. The molecule has 0 saturated carbocycles. The SMILES string of the molecule is CCOCCC(=O)N(C)c1cccc(CO[C@H]2CNCC[C@@H]2c2ccc(OCCCOCc3ccccc3OC)cc2)c1.[HH]. The van der Waals surface area contributed by atoms with Crippen molar-refractivity contribution in [1.29, 1.82) is 0 Å². The van der Waals surface area contributed by atoms with Crippen LogP contribution in [0.4, 0.5) is 5.69 Å². The molecular formula is C35H48N2O6. The van der Waals surface area contributed by atoms with Crippen LogP contribution in [-0.4, -0.2) is 65.7 Å². The van der Waals surface area contributed by atoms with Crippen molar-refractivity contribution in [3.05, 3.63) is 89.5 Å². The van der Waals surface area contributed by atoms with Crippen molar-refractivity contribution in [3.8, 4) is 11.5 Å². The minimum Gasteiger partial charge on any atom is -0.496 e. The number of anilines is 1. The van der Waals surface area contributed by atoms with E-state index in [-0.39, 0.29) is 13.4 Å². The number of carbonyl (C=O) groups excluding carboxylic acids is 1. The molecular weight excluding hydrogens is 544 g/mol. The van der Waals surface area contributed by atoms with E-state index in [9.17, 15) is 4.79 Å². The van der Waals surface area contributed by atoms with Crippen LogP contribution in [0.5, 0.6) is 11.5 Å². The fraction of sp³-hybridized carbons (Fsp3) is 0.457. The first-order valence-electron chi connectivity index (χ1n) is 15.3. The van der Waals surface area contributed by atoms with Crippen molar-refractivity contribution in [2.45, 2.75) is 51.4 Å². The Bertz CT molecular complexity index is 1260. The van der Waals surface area contributed by atoms with Gasteiger partial charge in [-0.1, -0.05) is 42.5 Å². The number of ether oxygens (including phenoxy) is 5. The third-order valence-electron chi connectivity index (χ3n) is 7.69. The van der Waals surface area contributed by atoms with Crippen LogP contribution in [0.2, 0.25) is 0 Å². The fourth-order valence-electron chi connectivity index (χ4n) is 5.23. The summed E-state index contributed by atoms with van der Waals surface area (Å²) < 4.78 is 28.9. The molecule has 1 amide bonds. The first kappa shape index (κ1) is 32.5. The maximum Gasteiger partial charge on any atom is 0.229 e. The van der Waals surface area contributed by atoms with E-state index in [4.69, 9.17) is 23.7 Å². The third kappa shape index (κ3) is 10.1. The predicted molar refractivity (Wildman–Crippen MR) is 171 cm³/mol. The standard InChI is InChI=1S/C35H46N2O6.H2/c1-4-40-22-18-35(38)37(2)30-11-7-9-27(23-30)25-43-34-24-36-19-17-32(34)28-13-15-31(16-14-28)42-21-8-20-41-26-29-10-5-6-12-33(29)39-3;/h5-7,9-16,23,32,34,36H,4,8,17-22,24-26H2,1-3H3;1H/t32-,34+;/m1./s1. The molecule has 234 valence electrons. The summed E-state index contributed by atoms with van der Waals surface area (Å²) >= 11 is 0. The lowest BCUT2D eigenvalue weighted by Crippen LogP contribution is -2.40. The van der Waals surface area contributed by atoms with Crippen LogP contribution in [0.1, 0.15) is 50.2 Å². The van der Waals surface area contributed by atoms with Crippen molar-refractivity contribution in [2.24, 2.45) is 0 Å². The highest BCUT2D eigenvalue weighted by atomic mass is 16.5. The van der Waals surface area contributed by atoms with Gasteiger partial charge in [0.15, 0.2) is 0 Å². The molecule has 3 aromatic carbocycles. The topological polar surface area (TPSA) is 78.5 Å². The second-order valence-electron chi connectivity index (χ2n) is 10.7. The summed E-state index contributed by atoms with van der Waals surface area (Å²) in [6, 6.07) is 24.3. The minimum absolute atomic E-state index is 0. The van der Waals surface area contributed by atoms with Crippen LogP contribution in [0.15, 0.2) is 72.8 Å². The number of piperidine rings is 1. The minimum atomic E-state index is 0. The Morgan fingerprint density at radius 3 is 2.63 bits per heavy atom. The smallest absolute Gasteiger partial charge is 0.229 e. The summed E-state index contributed by atoms with van der Waals surface area (Å²) in [5, 5.41) is 3.48. The van der Waals surface area contributed by atoms with Gasteiger partial charge < -0.3 is 33.9 Å². The monoisotopic (exact) mass is 592 g/mol. The molecule has 8 heteroatoms. The molecule has 1 heterocycles. The lowest BCUT2D eigenvalue weighted by atomic mass is 9.87. The number of nitrogens with zero attached hydrogens (tertiary/aromatic N) is 1. The largest absolute Gasteiger partial charge is 0.496 e. The van der Waals surface area contributed by atoms with E-state index in [1.807, 2.05) is 67.6 Å². The second-order valence-corrected chi connectivity index (χ2v) is 10.7. The van der Waals surface area contributed by atoms with Gasteiger partial charge in [0.05, 0.1) is 52.7 Å². The molecule has 0 spiro atoms. The molecule has 4 rings (SSSR count). The van der Waals surface area contributed by atoms with E-state index in [1.165, 1.54) is 5.56 Å². The zero-order chi connectivity index (χ0) is 30.3. The van der Waals surface area contributed by atoms with Crippen molar-refractivity contribution < 1.29 is 29.9 Å².